The molecule has 1 fully saturated rings. The van der Waals surface area contributed by atoms with Gasteiger partial charge in [-0.2, -0.15) is 0 Å². The number of hydrogen-bond acceptors (Lipinski definition) is 3. The van der Waals surface area contributed by atoms with Crippen LogP contribution in [0, 0.1) is 5.92 Å². The van der Waals surface area contributed by atoms with Gasteiger partial charge in [0.25, 0.3) is 0 Å². The van der Waals surface area contributed by atoms with Crippen molar-refractivity contribution in [3.8, 4) is 11.5 Å². The van der Waals surface area contributed by atoms with Gasteiger partial charge in [-0.25, -0.2) is 0 Å². The number of ether oxygens (including phenoxy) is 2. The lowest BCUT2D eigenvalue weighted by Gasteiger charge is -2.12. The molecule has 0 aromatic heterocycles. The fourth-order valence-electron chi connectivity index (χ4n) is 3.27. The zero-order chi connectivity index (χ0) is 17.1. The van der Waals surface area contributed by atoms with Gasteiger partial charge in [-0.3, -0.25) is 4.99 Å². The van der Waals surface area contributed by atoms with Crippen LogP contribution in [0.4, 0.5) is 0 Å². The molecule has 0 spiro atoms. The highest BCUT2D eigenvalue weighted by Crippen LogP contribution is 2.46. The number of rotatable bonds is 5. The topological polar surface area (TPSA) is 54.9 Å². The van der Waals surface area contributed by atoms with Crippen molar-refractivity contribution >= 4 is 5.96 Å². The Labute approximate surface area is 148 Å². The van der Waals surface area contributed by atoms with Crippen LogP contribution in [0.1, 0.15) is 23.5 Å². The fraction of sp³-hybridized carbons (Fsp3) is 0.350. The highest BCUT2D eigenvalue weighted by molar-refractivity contribution is 5.79. The van der Waals surface area contributed by atoms with Crippen LogP contribution in [0.3, 0.4) is 0 Å². The molecule has 5 nitrogen and oxygen atoms in total. The summed E-state index contributed by atoms with van der Waals surface area (Å²) in [6.07, 6.45) is 1.25. The second-order valence-corrected chi connectivity index (χ2v) is 6.51. The molecule has 2 N–H and O–H groups in total. The number of hydrogen-bond donors (Lipinski definition) is 2. The number of nitrogens with zero attached hydrogens (tertiary/aromatic N) is 1. The van der Waals surface area contributed by atoms with Gasteiger partial charge < -0.3 is 20.1 Å². The minimum atomic E-state index is 0.305. The Balaban J connectivity index is 1.25. The lowest BCUT2D eigenvalue weighted by atomic mass is 10.1. The van der Waals surface area contributed by atoms with Crippen molar-refractivity contribution in [2.45, 2.75) is 18.9 Å². The lowest BCUT2D eigenvalue weighted by Crippen LogP contribution is -2.38. The molecule has 1 aliphatic carbocycles. The molecule has 0 amide bonds. The monoisotopic (exact) mass is 337 g/mol. The Bertz CT molecular complexity index is 761. The summed E-state index contributed by atoms with van der Waals surface area (Å²) in [6, 6.07) is 16.7. The van der Waals surface area contributed by atoms with E-state index < -0.39 is 0 Å². The van der Waals surface area contributed by atoms with Gasteiger partial charge in [-0.1, -0.05) is 36.4 Å². The molecule has 0 radical (unpaired) electrons. The molecule has 5 heteroatoms. The number of nitrogens with one attached hydrogen (secondary N) is 2. The first-order chi connectivity index (χ1) is 12.3. The van der Waals surface area contributed by atoms with Crippen molar-refractivity contribution in [2.75, 3.05) is 20.4 Å². The first kappa shape index (κ1) is 15.8. The third kappa shape index (κ3) is 3.71. The summed E-state index contributed by atoms with van der Waals surface area (Å²) < 4.78 is 10.8. The van der Waals surface area contributed by atoms with E-state index in [1.165, 1.54) is 12.0 Å². The SMILES string of the molecule is CN=C(NCc1ccc2c(c1)OCO2)NCC1CC1c1ccccc1. The summed E-state index contributed by atoms with van der Waals surface area (Å²) in [5.74, 6) is 3.82. The Morgan fingerprint density at radius 1 is 1.08 bits per heavy atom. The Morgan fingerprint density at radius 3 is 2.76 bits per heavy atom. The molecule has 1 saturated carbocycles. The maximum Gasteiger partial charge on any atom is 0.231 e. The lowest BCUT2D eigenvalue weighted by molar-refractivity contribution is 0.174. The highest BCUT2D eigenvalue weighted by atomic mass is 16.7. The van der Waals surface area contributed by atoms with Crippen molar-refractivity contribution in [1.82, 2.24) is 10.6 Å². The zero-order valence-electron chi connectivity index (χ0n) is 14.4. The first-order valence-electron chi connectivity index (χ1n) is 8.71. The van der Waals surface area contributed by atoms with Gasteiger partial charge in [0.05, 0.1) is 0 Å². The van der Waals surface area contributed by atoms with E-state index in [-0.39, 0.29) is 0 Å². The van der Waals surface area contributed by atoms with Gasteiger partial charge >= 0.3 is 0 Å². The number of guanidine groups is 1. The third-order valence-corrected chi connectivity index (χ3v) is 4.80. The number of aliphatic imine (C=N–C) groups is 1. The van der Waals surface area contributed by atoms with Crippen LogP contribution in [0.2, 0.25) is 0 Å². The first-order valence-corrected chi connectivity index (χ1v) is 8.71. The average Bonchev–Trinajstić information content (AvgIpc) is 3.29. The van der Waals surface area contributed by atoms with Gasteiger partial charge in [-0.15, -0.1) is 0 Å². The van der Waals surface area contributed by atoms with Gasteiger partial charge in [0.15, 0.2) is 17.5 Å². The van der Waals surface area contributed by atoms with Gasteiger partial charge in [0.1, 0.15) is 0 Å². The molecule has 1 heterocycles. The smallest absolute Gasteiger partial charge is 0.231 e. The molecule has 2 aromatic rings. The standard InChI is InChI=1S/C20H23N3O2/c1-21-20(22-11-14-7-8-18-19(9-14)25-13-24-18)23-12-16-10-17(16)15-5-3-2-4-6-15/h2-9,16-17H,10-13H2,1H3,(H2,21,22,23). The Morgan fingerprint density at radius 2 is 1.92 bits per heavy atom. The van der Waals surface area contributed by atoms with Crippen LogP contribution in [-0.2, 0) is 6.54 Å². The van der Waals surface area contributed by atoms with Gasteiger partial charge in [0, 0.05) is 20.1 Å². The molecule has 2 atom stereocenters. The summed E-state index contributed by atoms with van der Waals surface area (Å²) in [7, 11) is 1.80. The van der Waals surface area contributed by atoms with E-state index in [0.29, 0.717) is 25.2 Å². The van der Waals surface area contributed by atoms with E-state index in [4.69, 9.17) is 9.47 Å². The van der Waals surface area contributed by atoms with E-state index in [2.05, 4.69) is 46.0 Å². The molecule has 2 unspecified atom stereocenters. The van der Waals surface area contributed by atoms with Gasteiger partial charge in [0.2, 0.25) is 6.79 Å². The highest BCUT2D eigenvalue weighted by Gasteiger charge is 2.37. The van der Waals surface area contributed by atoms with Crippen LogP contribution in [0.15, 0.2) is 53.5 Å². The maximum atomic E-state index is 5.42. The van der Waals surface area contributed by atoms with E-state index in [9.17, 15) is 0 Å². The van der Waals surface area contributed by atoms with E-state index in [1.54, 1.807) is 7.05 Å². The minimum Gasteiger partial charge on any atom is -0.454 e. The van der Waals surface area contributed by atoms with E-state index in [1.807, 2.05) is 18.2 Å². The maximum absolute atomic E-state index is 5.42. The minimum absolute atomic E-state index is 0.305. The zero-order valence-corrected chi connectivity index (χ0v) is 14.4. The Kier molecular flexibility index (Phi) is 4.46. The number of fused-ring (bicyclic) bond motifs is 1. The van der Waals surface area contributed by atoms with Gasteiger partial charge in [-0.05, 0) is 41.5 Å². The van der Waals surface area contributed by atoms with Crippen LogP contribution < -0.4 is 20.1 Å². The van der Waals surface area contributed by atoms with Crippen molar-refractivity contribution < 1.29 is 9.47 Å². The second kappa shape index (κ2) is 7.05. The van der Waals surface area contributed by atoms with Crippen molar-refractivity contribution in [3.63, 3.8) is 0 Å². The van der Waals surface area contributed by atoms with Crippen LogP contribution in [0.25, 0.3) is 0 Å². The molecular formula is C20H23N3O2. The molecule has 130 valence electrons. The summed E-state index contributed by atoms with van der Waals surface area (Å²) >= 11 is 0. The normalized spacial score (nSPS) is 21.1. The molecule has 2 aliphatic rings. The third-order valence-electron chi connectivity index (χ3n) is 4.80. The fourth-order valence-corrected chi connectivity index (χ4v) is 3.27. The molecule has 0 bridgehead atoms. The van der Waals surface area contributed by atoms with Crippen molar-refractivity contribution in [2.24, 2.45) is 10.9 Å². The predicted molar refractivity (Wildman–Crippen MR) is 98.1 cm³/mol. The molecule has 1 aliphatic heterocycles. The average molecular weight is 337 g/mol. The summed E-state index contributed by atoms with van der Waals surface area (Å²) in [4.78, 5) is 4.31. The largest absolute Gasteiger partial charge is 0.454 e. The summed E-state index contributed by atoms with van der Waals surface area (Å²) in [6.45, 7) is 1.95. The van der Waals surface area contributed by atoms with Crippen molar-refractivity contribution in [3.05, 3.63) is 59.7 Å². The Hall–Kier alpha value is -2.69. The van der Waals surface area contributed by atoms with E-state index >= 15 is 0 Å². The molecular weight excluding hydrogens is 314 g/mol. The molecule has 4 rings (SSSR count). The molecule has 25 heavy (non-hydrogen) atoms. The quantitative estimate of drug-likeness (QED) is 0.651. The predicted octanol–water partition coefficient (Wildman–Crippen LogP) is 2.88. The van der Waals surface area contributed by atoms with E-state index in [0.717, 1.165) is 29.6 Å². The molecule has 2 aromatic carbocycles. The number of benzene rings is 2. The summed E-state index contributed by atoms with van der Waals surface area (Å²) in [5.41, 5.74) is 2.58. The summed E-state index contributed by atoms with van der Waals surface area (Å²) in [5, 5.41) is 6.79. The second-order valence-electron chi connectivity index (χ2n) is 6.51. The van der Waals surface area contributed by atoms with Crippen LogP contribution in [0.5, 0.6) is 11.5 Å². The van der Waals surface area contributed by atoms with Crippen LogP contribution in [-0.4, -0.2) is 26.3 Å². The molecule has 0 saturated heterocycles. The van der Waals surface area contributed by atoms with Crippen LogP contribution >= 0.6 is 0 Å². The van der Waals surface area contributed by atoms with Crippen molar-refractivity contribution in [1.29, 1.82) is 0 Å².